The van der Waals surface area contributed by atoms with E-state index in [1.807, 2.05) is 24.3 Å². The second kappa shape index (κ2) is 7.91. The van der Waals surface area contributed by atoms with Gasteiger partial charge >= 0.3 is 0 Å². The van der Waals surface area contributed by atoms with Gasteiger partial charge in [0, 0.05) is 15.6 Å². The fraction of sp³-hybridized carbons (Fsp3) is 0.235. The number of hydrogen-bond donors (Lipinski definition) is 1. The van der Waals surface area contributed by atoms with Crippen LogP contribution in [-0.2, 0) is 4.79 Å². The first-order valence-corrected chi connectivity index (χ1v) is 8.68. The van der Waals surface area contributed by atoms with E-state index in [9.17, 15) is 4.79 Å². The van der Waals surface area contributed by atoms with E-state index in [1.54, 1.807) is 18.2 Å². The molecule has 0 unspecified atom stereocenters. The summed E-state index contributed by atoms with van der Waals surface area (Å²) >= 11 is 13.4. The third-order valence-electron chi connectivity index (χ3n) is 3.11. The molecule has 2 rings (SSSR count). The van der Waals surface area contributed by atoms with Gasteiger partial charge in [-0.05, 0) is 35.7 Å². The summed E-state index contributed by atoms with van der Waals surface area (Å²) in [6.07, 6.45) is 0. The molecule has 0 heterocycles. The number of nitrogens with one attached hydrogen (secondary N) is 1. The van der Waals surface area contributed by atoms with Gasteiger partial charge in [-0.1, -0.05) is 55.2 Å². The number of thioether (sulfide) groups is 1. The van der Waals surface area contributed by atoms with Gasteiger partial charge in [0.25, 0.3) is 0 Å². The Balaban J connectivity index is 2.01. The molecule has 0 radical (unpaired) electrons. The van der Waals surface area contributed by atoms with Crippen LogP contribution in [-0.4, -0.2) is 11.7 Å². The maximum absolute atomic E-state index is 12.1. The molecular weight excluding hydrogens is 337 g/mol. The number of anilines is 1. The summed E-state index contributed by atoms with van der Waals surface area (Å²) in [7, 11) is 0. The highest BCUT2D eigenvalue weighted by Crippen LogP contribution is 2.30. The Hall–Kier alpha value is -1.16. The molecule has 1 N–H and O–H groups in total. The van der Waals surface area contributed by atoms with Gasteiger partial charge in [-0.3, -0.25) is 4.79 Å². The number of hydrogen-bond acceptors (Lipinski definition) is 2. The number of amides is 1. The van der Waals surface area contributed by atoms with Gasteiger partial charge in [0.1, 0.15) is 0 Å². The summed E-state index contributed by atoms with van der Waals surface area (Å²) in [5.41, 5.74) is 1.99. The molecule has 0 spiro atoms. The number of benzene rings is 2. The van der Waals surface area contributed by atoms with Crippen LogP contribution in [0.2, 0.25) is 10.0 Å². The van der Waals surface area contributed by atoms with Crippen molar-refractivity contribution in [3.8, 4) is 0 Å². The Morgan fingerprint density at radius 2 is 1.91 bits per heavy atom. The van der Waals surface area contributed by atoms with E-state index in [0.717, 1.165) is 16.1 Å². The molecule has 2 aromatic rings. The van der Waals surface area contributed by atoms with Gasteiger partial charge < -0.3 is 5.32 Å². The standard InChI is InChI=1S/C17H17Cl2NOS/c1-11(2)13-5-3-4-6-15(13)20-17(21)10-22-16-9-12(18)7-8-14(16)19/h3-9,11H,10H2,1-2H3,(H,20,21). The lowest BCUT2D eigenvalue weighted by Crippen LogP contribution is -2.15. The number of halogens is 2. The minimum Gasteiger partial charge on any atom is -0.325 e. The Kier molecular flexibility index (Phi) is 6.18. The maximum Gasteiger partial charge on any atom is 0.234 e. The molecule has 0 saturated heterocycles. The molecule has 2 nitrogen and oxygen atoms in total. The number of para-hydroxylation sites is 1. The van der Waals surface area contributed by atoms with Crippen LogP contribution in [0.3, 0.4) is 0 Å². The highest BCUT2D eigenvalue weighted by Gasteiger charge is 2.10. The molecule has 5 heteroatoms. The minimum absolute atomic E-state index is 0.0610. The molecular formula is C17H17Cl2NOS. The van der Waals surface area contributed by atoms with Gasteiger partial charge in [-0.25, -0.2) is 0 Å². The second-order valence-corrected chi connectivity index (χ2v) is 7.01. The van der Waals surface area contributed by atoms with Gasteiger partial charge in [-0.2, -0.15) is 0 Å². The summed E-state index contributed by atoms with van der Waals surface area (Å²) in [4.78, 5) is 13.0. The van der Waals surface area contributed by atoms with Crippen LogP contribution >= 0.6 is 35.0 Å². The van der Waals surface area contributed by atoms with E-state index in [0.29, 0.717) is 16.0 Å². The smallest absolute Gasteiger partial charge is 0.234 e. The SMILES string of the molecule is CC(C)c1ccccc1NC(=O)CSc1cc(Cl)ccc1Cl. The number of carbonyl (C=O) groups is 1. The zero-order valence-electron chi connectivity index (χ0n) is 12.4. The lowest BCUT2D eigenvalue weighted by molar-refractivity contribution is -0.113. The molecule has 0 aliphatic heterocycles. The highest BCUT2D eigenvalue weighted by atomic mass is 35.5. The van der Waals surface area contributed by atoms with Crippen LogP contribution in [0, 0.1) is 0 Å². The van der Waals surface area contributed by atoms with Crippen LogP contribution in [0.5, 0.6) is 0 Å². The van der Waals surface area contributed by atoms with E-state index < -0.39 is 0 Å². The molecule has 22 heavy (non-hydrogen) atoms. The molecule has 2 aromatic carbocycles. The Bertz CT molecular complexity index is 673. The third-order valence-corrected chi connectivity index (χ3v) is 4.84. The van der Waals surface area contributed by atoms with Crippen molar-refractivity contribution in [1.82, 2.24) is 0 Å². The zero-order valence-corrected chi connectivity index (χ0v) is 14.7. The first-order valence-electron chi connectivity index (χ1n) is 6.94. The monoisotopic (exact) mass is 353 g/mol. The quantitative estimate of drug-likeness (QED) is 0.683. The average molecular weight is 354 g/mol. The number of rotatable bonds is 5. The van der Waals surface area contributed by atoms with Crippen LogP contribution in [0.25, 0.3) is 0 Å². The van der Waals surface area contributed by atoms with Crippen molar-refractivity contribution in [1.29, 1.82) is 0 Å². The summed E-state index contributed by atoms with van der Waals surface area (Å²) in [5.74, 6) is 0.577. The Morgan fingerprint density at radius 3 is 2.64 bits per heavy atom. The summed E-state index contributed by atoms with van der Waals surface area (Å²) in [5, 5.41) is 4.17. The van der Waals surface area contributed by atoms with E-state index in [-0.39, 0.29) is 11.7 Å². The van der Waals surface area contributed by atoms with Crippen molar-refractivity contribution in [2.24, 2.45) is 0 Å². The maximum atomic E-state index is 12.1. The molecule has 0 aliphatic carbocycles. The van der Waals surface area contributed by atoms with Crippen LogP contribution in [0.1, 0.15) is 25.3 Å². The zero-order chi connectivity index (χ0) is 16.1. The van der Waals surface area contributed by atoms with Crippen molar-refractivity contribution < 1.29 is 4.79 Å². The van der Waals surface area contributed by atoms with Crippen molar-refractivity contribution in [3.63, 3.8) is 0 Å². The van der Waals surface area contributed by atoms with Crippen LogP contribution in [0.15, 0.2) is 47.4 Å². The normalized spacial score (nSPS) is 10.8. The summed E-state index contributed by atoms with van der Waals surface area (Å²) in [6.45, 7) is 4.21. The Morgan fingerprint density at radius 1 is 1.18 bits per heavy atom. The van der Waals surface area contributed by atoms with E-state index in [1.165, 1.54) is 11.8 Å². The largest absolute Gasteiger partial charge is 0.325 e. The topological polar surface area (TPSA) is 29.1 Å². The highest BCUT2D eigenvalue weighted by molar-refractivity contribution is 8.00. The molecule has 1 amide bonds. The molecule has 0 saturated carbocycles. The van der Waals surface area contributed by atoms with Gasteiger partial charge in [0.2, 0.25) is 5.91 Å². The molecule has 0 fully saturated rings. The lowest BCUT2D eigenvalue weighted by atomic mass is 10.0. The van der Waals surface area contributed by atoms with Gasteiger partial charge in [0.05, 0.1) is 10.8 Å². The molecule has 0 bridgehead atoms. The van der Waals surface area contributed by atoms with Crippen molar-refractivity contribution in [2.45, 2.75) is 24.7 Å². The Labute approximate surface area is 145 Å². The van der Waals surface area contributed by atoms with Crippen molar-refractivity contribution >= 4 is 46.6 Å². The van der Waals surface area contributed by atoms with E-state index in [2.05, 4.69) is 19.2 Å². The predicted molar refractivity (Wildman–Crippen MR) is 96.3 cm³/mol. The predicted octanol–water partition coefficient (Wildman–Crippen LogP) is 5.85. The fourth-order valence-electron chi connectivity index (χ4n) is 2.03. The van der Waals surface area contributed by atoms with Gasteiger partial charge in [0.15, 0.2) is 0 Å². The van der Waals surface area contributed by atoms with Crippen LogP contribution < -0.4 is 5.32 Å². The summed E-state index contributed by atoms with van der Waals surface area (Å²) in [6, 6.07) is 13.1. The van der Waals surface area contributed by atoms with Gasteiger partial charge in [-0.15, -0.1) is 11.8 Å². The molecule has 0 aromatic heterocycles. The fourth-order valence-corrected chi connectivity index (χ4v) is 3.32. The molecule has 0 atom stereocenters. The van der Waals surface area contributed by atoms with Crippen LogP contribution in [0.4, 0.5) is 5.69 Å². The molecule has 116 valence electrons. The minimum atomic E-state index is -0.0610. The summed E-state index contributed by atoms with van der Waals surface area (Å²) < 4.78 is 0. The third kappa shape index (κ3) is 4.67. The lowest BCUT2D eigenvalue weighted by Gasteiger charge is -2.13. The van der Waals surface area contributed by atoms with Crippen molar-refractivity contribution in [2.75, 3.05) is 11.1 Å². The van der Waals surface area contributed by atoms with E-state index in [4.69, 9.17) is 23.2 Å². The second-order valence-electron chi connectivity index (χ2n) is 5.15. The molecule has 0 aliphatic rings. The average Bonchev–Trinajstić information content (AvgIpc) is 2.48. The first-order chi connectivity index (χ1) is 10.5. The number of carbonyl (C=O) groups excluding carboxylic acids is 1. The van der Waals surface area contributed by atoms with Crippen molar-refractivity contribution in [3.05, 3.63) is 58.1 Å². The van der Waals surface area contributed by atoms with E-state index >= 15 is 0 Å². The first kappa shape index (κ1) is 17.2.